The van der Waals surface area contributed by atoms with Crippen LogP contribution in [0.3, 0.4) is 0 Å². The van der Waals surface area contributed by atoms with Crippen molar-refractivity contribution in [1.82, 2.24) is 9.97 Å². The summed E-state index contributed by atoms with van der Waals surface area (Å²) in [6.45, 7) is 2.92. The molecule has 6 nitrogen and oxygen atoms in total. The van der Waals surface area contributed by atoms with Gasteiger partial charge in [-0.2, -0.15) is 4.98 Å². The number of benzene rings is 2. The highest BCUT2D eigenvalue weighted by Gasteiger charge is 2.09. The Morgan fingerprint density at radius 2 is 1.67 bits per heavy atom. The first-order chi connectivity index (χ1) is 13.2. The van der Waals surface area contributed by atoms with Crippen LogP contribution in [0.1, 0.15) is 13.3 Å². The van der Waals surface area contributed by atoms with Gasteiger partial charge in [0.05, 0.1) is 19.9 Å². The van der Waals surface area contributed by atoms with Gasteiger partial charge in [-0.1, -0.05) is 37.3 Å². The van der Waals surface area contributed by atoms with Gasteiger partial charge in [0, 0.05) is 29.9 Å². The third-order valence-corrected chi connectivity index (χ3v) is 3.98. The summed E-state index contributed by atoms with van der Waals surface area (Å²) in [5, 5.41) is 6.59. The van der Waals surface area contributed by atoms with E-state index in [0.717, 1.165) is 29.9 Å². The van der Waals surface area contributed by atoms with Gasteiger partial charge in [-0.15, -0.1) is 0 Å². The van der Waals surface area contributed by atoms with E-state index in [4.69, 9.17) is 9.47 Å². The average molecular weight is 364 g/mol. The SMILES string of the molecule is CCCNc1nc(Nc2ccc(OC)c(OC)c2)cc(-c2ccccc2)n1. The summed E-state index contributed by atoms with van der Waals surface area (Å²) in [7, 11) is 3.24. The molecule has 0 aliphatic heterocycles. The third-order valence-electron chi connectivity index (χ3n) is 3.98. The van der Waals surface area contributed by atoms with Crippen molar-refractivity contribution >= 4 is 17.5 Å². The number of anilines is 3. The van der Waals surface area contributed by atoms with Gasteiger partial charge in [0.1, 0.15) is 5.82 Å². The highest BCUT2D eigenvalue weighted by Crippen LogP contribution is 2.31. The molecule has 0 unspecified atom stereocenters. The number of aromatic nitrogens is 2. The van der Waals surface area contributed by atoms with Gasteiger partial charge < -0.3 is 20.1 Å². The monoisotopic (exact) mass is 364 g/mol. The molecule has 0 amide bonds. The third kappa shape index (κ3) is 4.67. The smallest absolute Gasteiger partial charge is 0.225 e. The van der Waals surface area contributed by atoms with E-state index in [1.807, 2.05) is 54.6 Å². The molecule has 1 heterocycles. The van der Waals surface area contributed by atoms with Gasteiger partial charge in [-0.05, 0) is 18.6 Å². The molecular weight excluding hydrogens is 340 g/mol. The van der Waals surface area contributed by atoms with Crippen molar-refractivity contribution in [3.05, 3.63) is 54.6 Å². The quantitative estimate of drug-likeness (QED) is 0.602. The van der Waals surface area contributed by atoms with Crippen LogP contribution in [0.15, 0.2) is 54.6 Å². The van der Waals surface area contributed by atoms with Crippen LogP contribution in [-0.2, 0) is 0 Å². The van der Waals surface area contributed by atoms with Crippen LogP contribution >= 0.6 is 0 Å². The Kier molecular flexibility index (Phi) is 6.10. The Balaban J connectivity index is 1.94. The zero-order valence-electron chi connectivity index (χ0n) is 15.8. The number of hydrogen-bond acceptors (Lipinski definition) is 6. The zero-order chi connectivity index (χ0) is 19.1. The molecule has 3 aromatic rings. The maximum Gasteiger partial charge on any atom is 0.225 e. The molecule has 0 saturated heterocycles. The standard InChI is InChI=1S/C21H24N4O2/c1-4-12-22-21-24-17(15-8-6-5-7-9-15)14-20(25-21)23-16-10-11-18(26-2)19(13-16)27-3/h5-11,13-14H,4,12H2,1-3H3,(H2,22,23,24,25). The van der Waals surface area contributed by atoms with Crippen LogP contribution in [0.4, 0.5) is 17.5 Å². The predicted octanol–water partition coefficient (Wildman–Crippen LogP) is 4.73. The van der Waals surface area contributed by atoms with Gasteiger partial charge in [-0.3, -0.25) is 0 Å². The molecule has 3 rings (SSSR count). The van der Waals surface area contributed by atoms with E-state index >= 15 is 0 Å². The minimum absolute atomic E-state index is 0.598. The van der Waals surface area contributed by atoms with Crippen molar-refractivity contribution in [2.75, 3.05) is 31.4 Å². The molecule has 1 aromatic heterocycles. The molecule has 0 bridgehead atoms. The lowest BCUT2D eigenvalue weighted by Gasteiger charge is -2.13. The van der Waals surface area contributed by atoms with Gasteiger partial charge >= 0.3 is 0 Å². The van der Waals surface area contributed by atoms with Gasteiger partial charge in [0.2, 0.25) is 5.95 Å². The fraction of sp³-hybridized carbons (Fsp3) is 0.238. The normalized spacial score (nSPS) is 10.3. The fourth-order valence-electron chi connectivity index (χ4n) is 2.65. The average Bonchev–Trinajstić information content (AvgIpc) is 2.72. The van der Waals surface area contributed by atoms with E-state index in [-0.39, 0.29) is 0 Å². The number of nitrogens with one attached hydrogen (secondary N) is 2. The second-order valence-electron chi connectivity index (χ2n) is 5.95. The van der Waals surface area contributed by atoms with Crippen molar-refractivity contribution in [1.29, 1.82) is 0 Å². The Labute approximate surface area is 159 Å². The van der Waals surface area contributed by atoms with Gasteiger partial charge in [-0.25, -0.2) is 4.98 Å². The van der Waals surface area contributed by atoms with Crippen molar-refractivity contribution in [2.45, 2.75) is 13.3 Å². The molecule has 0 atom stereocenters. The Bertz CT molecular complexity index is 885. The molecule has 2 aromatic carbocycles. The van der Waals surface area contributed by atoms with E-state index < -0.39 is 0 Å². The lowest BCUT2D eigenvalue weighted by atomic mass is 10.1. The van der Waals surface area contributed by atoms with E-state index in [1.54, 1.807) is 14.2 Å². The number of nitrogens with zero attached hydrogens (tertiary/aromatic N) is 2. The largest absolute Gasteiger partial charge is 0.493 e. The summed E-state index contributed by atoms with van der Waals surface area (Å²) in [5.41, 5.74) is 2.74. The maximum atomic E-state index is 5.37. The van der Waals surface area contributed by atoms with Crippen molar-refractivity contribution in [2.24, 2.45) is 0 Å². The lowest BCUT2D eigenvalue weighted by molar-refractivity contribution is 0.355. The molecule has 0 radical (unpaired) electrons. The van der Waals surface area contributed by atoms with Crippen molar-refractivity contribution in [3.63, 3.8) is 0 Å². The number of rotatable bonds is 8. The fourth-order valence-corrected chi connectivity index (χ4v) is 2.65. The van der Waals surface area contributed by atoms with Crippen molar-refractivity contribution in [3.8, 4) is 22.8 Å². The molecular formula is C21H24N4O2. The maximum absolute atomic E-state index is 5.37. The van der Waals surface area contributed by atoms with Crippen molar-refractivity contribution < 1.29 is 9.47 Å². The highest BCUT2D eigenvalue weighted by molar-refractivity contribution is 5.68. The second kappa shape index (κ2) is 8.89. The second-order valence-corrected chi connectivity index (χ2v) is 5.95. The summed E-state index contributed by atoms with van der Waals surface area (Å²) >= 11 is 0. The van der Waals surface area contributed by atoms with Crippen LogP contribution in [0, 0.1) is 0 Å². The van der Waals surface area contributed by atoms with Crippen LogP contribution in [-0.4, -0.2) is 30.7 Å². The number of hydrogen-bond donors (Lipinski definition) is 2. The first-order valence-electron chi connectivity index (χ1n) is 8.91. The zero-order valence-corrected chi connectivity index (χ0v) is 15.8. The molecule has 6 heteroatoms. The Morgan fingerprint density at radius 3 is 2.37 bits per heavy atom. The molecule has 0 fully saturated rings. The summed E-state index contributed by atoms with van der Waals surface area (Å²) in [6, 6.07) is 17.6. The minimum Gasteiger partial charge on any atom is -0.493 e. The molecule has 0 spiro atoms. The van der Waals surface area contributed by atoms with E-state index in [0.29, 0.717) is 23.3 Å². The molecule has 2 N–H and O–H groups in total. The predicted molar refractivity (Wildman–Crippen MR) is 109 cm³/mol. The van der Waals surface area contributed by atoms with E-state index in [1.165, 1.54) is 0 Å². The summed E-state index contributed by atoms with van der Waals surface area (Å²) in [4.78, 5) is 9.22. The van der Waals surface area contributed by atoms with E-state index in [9.17, 15) is 0 Å². The summed E-state index contributed by atoms with van der Waals surface area (Å²) < 4.78 is 10.7. The number of methoxy groups -OCH3 is 2. The molecule has 0 aliphatic rings. The van der Waals surface area contributed by atoms with E-state index in [2.05, 4.69) is 27.5 Å². The van der Waals surface area contributed by atoms with Crippen LogP contribution in [0.2, 0.25) is 0 Å². The van der Waals surface area contributed by atoms with Crippen LogP contribution in [0.25, 0.3) is 11.3 Å². The van der Waals surface area contributed by atoms with Gasteiger partial charge in [0.15, 0.2) is 11.5 Å². The Morgan fingerprint density at radius 1 is 0.889 bits per heavy atom. The lowest BCUT2D eigenvalue weighted by Crippen LogP contribution is -2.07. The minimum atomic E-state index is 0.598. The van der Waals surface area contributed by atoms with Crippen LogP contribution in [0.5, 0.6) is 11.5 Å². The topological polar surface area (TPSA) is 68.3 Å². The molecule has 140 valence electrons. The molecule has 27 heavy (non-hydrogen) atoms. The number of ether oxygens (including phenoxy) is 2. The summed E-state index contributed by atoms with van der Waals surface area (Å²) in [5.74, 6) is 2.64. The first kappa shape index (κ1) is 18.5. The molecule has 0 aliphatic carbocycles. The molecule has 0 saturated carbocycles. The van der Waals surface area contributed by atoms with Gasteiger partial charge in [0.25, 0.3) is 0 Å². The summed E-state index contributed by atoms with van der Waals surface area (Å²) in [6.07, 6.45) is 0.997. The first-order valence-corrected chi connectivity index (χ1v) is 8.91. The highest BCUT2D eigenvalue weighted by atomic mass is 16.5. The van der Waals surface area contributed by atoms with Crippen LogP contribution < -0.4 is 20.1 Å². The Hall–Kier alpha value is -3.28.